The number of nitrogens with one attached hydrogen (secondary N) is 1. The fourth-order valence-electron chi connectivity index (χ4n) is 2.06. The predicted octanol–water partition coefficient (Wildman–Crippen LogP) is 2.65. The Morgan fingerprint density at radius 3 is 2.86 bits per heavy atom. The van der Waals surface area contributed by atoms with Gasteiger partial charge in [0.25, 0.3) is 0 Å². The summed E-state index contributed by atoms with van der Waals surface area (Å²) < 4.78 is 0. The Morgan fingerprint density at radius 1 is 1.29 bits per heavy atom. The van der Waals surface area contributed by atoms with Gasteiger partial charge in [-0.05, 0) is 35.1 Å². The van der Waals surface area contributed by atoms with Crippen LogP contribution in [0.25, 0.3) is 0 Å². The van der Waals surface area contributed by atoms with Gasteiger partial charge >= 0.3 is 0 Å². The van der Waals surface area contributed by atoms with Gasteiger partial charge in [-0.1, -0.05) is 19.9 Å². The van der Waals surface area contributed by atoms with Crippen LogP contribution in [0.4, 0.5) is 0 Å². The van der Waals surface area contributed by atoms with Gasteiger partial charge in [0.1, 0.15) is 0 Å². The van der Waals surface area contributed by atoms with Gasteiger partial charge in [0, 0.05) is 18.0 Å². The average molecular weight is 207 g/mol. The molecule has 1 heterocycles. The van der Waals surface area contributed by atoms with Gasteiger partial charge in [-0.2, -0.15) is 0 Å². The molecule has 0 fully saturated rings. The molecule has 1 aromatic carbocycles. The average Bonchev–Trinajstić information content (AvgIpc) is 2.22. The van der Waals surface area contributed by atoms with Crippen LogP contribution in [0.1, 0.15) is 25.0 Å². The van der Waals surface area contributed by atoms with Crippen LogP contribution in [-0.2, 0) is 13.0 Å². The minimum atomic E-state index is 0.364. The number of thiol groups is 1. The van der Waals surface area contributed by atoms with Crippen LogP contribution in [0, 0.1) is 5.41 Å². The molecule has 0 atom stereocenters. The zero-order valence-electron chi connectivity index (χ0n) is 8.80. The van der Waals surface area contributed by atoms with Gasteiger partial charge in [0.05, 0.1) is 0 Å². The molecule has 1 N–H and O–H groups in total. The largest absolute Gasteiger partial charge is 0.312 e. The number of fused-ring (bicyclic) bond motifs is 1. The van der Waals surface area contributed by atoms with Crippen LogP contribution in [0.3, 0.4) is 0 Å². The fraction of sp³-hybridized carbons (Fsp3) is 0.500. The van der Waals surface area contributed by atoms with Crippen molar-refractivity contribution in [3.05, 3.63) is 29.3 Å². The maximum Gasteiger partial charge on any atom is 0.0208 e. The number of benzene rings is 1. The first-order valence-electron chi connectivity index (χ1n) is 5.08. The Morgan fingerprint density at radius 2 is 2.07 bits per heavy atom. The molecular weight excluding hydrogens is 190 g/mol. The molecule has 0 bridgehead atoms. The third-order valence-corrected chi connectivity index (χ3v) is 3.06. The lowest BCUT2D eigenvalue weighted by Gasteiger charge is -2.22. The molecule has 0 aromatic heterocycles. The van der Waals surface area contributed by atoms with Crippen molar-refractivity contribution in [1.29, 1.82) is 0 Å². The Bertz CT molecular complexity index is 344. The molecule has 0 spiro atoms. The van der Waals surface area contributed by atoms with Crippen molar-refractivity contribution in [2.75, 3.05) is 6.54 Å². The summed E-state index contributed by atoms with van der Waals surface area (Å²) in [4.78, 5) is 1.06. The van der Waals surface area contributed by atoms with Gasteiger partial charge in [0.15, 0.2) is 0 Å². The zero-order valence-corrected chi connectivity index (χ0v) is 9.70. The van der Waals surface area contributed by atoms with E-state index in [-0.39, 0.29) is 0 Å². The lowest BCUT2D eigenvalue weighted by Crippen LogP contribution is -2.27. The van der Waals surface area contributed by atoms with Gasteiger partial charge in [-0.25, -0.2) is 0 Å². The third kappa shape index (κ3) is 2.12. The smallest absolute Gasteiger partial charge is 0.0208 e. The van der Waals surface area contributed by atoms with Gasteiger partial charge < -0.3 is 5.32 Å². The molecule has 2 heteroatoms. The lowest BCUT2D eigenvalue weighted by molar-refractivity contribution is 0.349. The molecule has 1 aliphatic heterocycles. The molecule has 0 amide bonds. The van der Waals surface area contributed by atoms with Gasteiger partial charge in [0.2, 0.25) is 0 Å². The monoisotopic (exact) mass is 207 g/mol. The normalized spacial score (nSPS) is 19.9. The minimum absolute atomic E-state index is 0.364. The van der Waals surface area contributed by atoms with Crippen molar-refractivity contribution in [1.82, 2.24) is 5.32 Å². The molecule has 0 radical (unpaired) electrons. The molecule has 0 aliphatic carbocycles. The fourth-order valence-corrected chi connectivity index (χ4v) is 2.29. The van der Waals surface area contributed by atoms with E-state index in [1.165, 1.54) is 11.1 Å². The van der Waals surface area contributed by atoms with Crippen molar-refractivity contribution >= 4 is 12.6 Å². The molecular formula is C12H17NS. The molecule has 1 aliphatic rings. The van der Waals surface area contributed by atoms with Crippen LogP contribution in [0.15, 0.2) is 23.1 Å². The SMILES string of the molecule is CC1(C)CNCc2cc(S)ccc2C1. The van der Waals surface area contributed by atoms with Crippen LogP contribution < -0.4 is 5.32 Å². The van der Waals surface area contributed by atoms with Crippen LogP contribution >= 0.6 is 12.6 Å². The van der Waals surface area contributed by atoms with E-state index in [1.54, 1.807) is 0 Å². The molecule has 0 unspecified atom stereocenters. The van der Waals surface area contributed by atoms with E-state index >= 15 is 0 Å². The van der Waals surface area contributed by atoms with Crippen molar-refractivity contribution < 1.29 is 0 Å². The van der Waals surface area contributed by atoms with E-state index in [2.05, 4.69) is 50.0 Å². The number of hydrogen-bond donors (Lipinski definition) is 2. The van der Waals surface area contributed by atoms with Crippen molar-refractivity contribution in [3.8, 4) is 0 Å². The summed E-state index contributed by atoms with van der Waals surface area (Å²) in [5.41, 5.74) is 3.24. The third-order valence-electron chi connectivity index (χ3n) is 2.78. The minimum Gasteiger partial charge on any atom is -0.312 e. The summed E-state index contributed by atoms with van der Waals surface area (Å²) in [5, 5.41) is 3.49. The first-order valence-corrected chi connectivity index (χ1v) is 5.53. The van der Waals surface area contributed by atoms with E-state index in [9.17, 15) is 0 Å². The molecule has 14 heavy (non-hydrogen) atoms. The summed E-state index contributed by atoms with van der Waals surface area (Å²) >= 11 is 4.37. The quantitative estimate of drug-likeness (QED) is 0.623. The predicted molar refractivity (Wildman–Crippen MR) is 62.9 cm³/mol. The van der Waals surface area contributed by atoms with Crippen LogP contribution in [0.2, 0.25) is 0 Å². The Balaban J connectivity index is 2.37. The second kappa shape index (κ2) is 3.59. The zero-order chi connectivity index (χ0) is 10.2. The van der Waals surface area contributed by atoms with Crippen LogP contribution in [-0.4, -0.2) is 6.54 Å². The summed E-state index contributed by atoms with van der Waals surface area (Å²) in [5.74, 6) is 0. The maximum absolute atomic E-state index is 4.37. The maximum atomic E-state index is 4.37. The van der Waals surface area contributed by atoms with E-state index in [0.717, 1.165) is 24.4 Å². The molecule has 1 aromatic rings. The highest BCUT2D eigenvalue weighted by molar-refractivity contribution is 7.80. The first kappa shape index (κ1) is 10.1. The van der Waals surface area contributed by atoms with Crippen LogP contribution in [0.5, 0.6) is 0 Å². The van der Waals surface area contributed by atoms with E-state index in [0.29, 0.717) is 5.41 Å². The van der Waals surface area contributed by atoms with Crippen molar-refractivity contribution in [2.45, 2.75) is 31.7 Å². The molecule has 0 saturated heterocycles. The first-order chi connectivity index (χ1) is 6.57. The second-order valence-corrected chi connectivity index (χ2v) is 5.41. The second-order valence-electron chi connectivity index (χ2n) is 4.90. The summed E-state index contributed by atoms with van der Waals surface area (Å²) in [6.45, 7) is 6.68. The number of hydrogen-bond acceptors (Lipinski definition) is 2. The standard InChI is InChI=1S/C12H17NS/c1-12(2)6-9-3-4-11(14)5-10(9)7-13-8-12/h3-5,13-14H,6-8H2,1-2H3. The van der Waals surface area contributed by atoms with E-state index < -0.39 is 0 Å². The molecule has 76 valence electrons. The summed E-state index contributed by atoms with van der Waals surface area (Å²) in [6.07, 6.45) is 1.16. The van der Waals surface area contributed by atoms with Gasteiger partial charge in [-0.3, -0.25) is 0 Å². The molecule has 1 nitrogen and oxygen atoms in total. The summed E-state index contributed by atoms with van der Waals surface area (Å²) in [7, 11) is 0. The van der Waals surface area contributed by atoms with Gasteiger partial charge in [-0.15, -0.1) is 12.6 Å². The highest BCUT2D eigenvalue weighted by Crippen LogP contribution is 2.27. The highest BCUT2D eigenvalue weighted by atomic mass is 32.1. The highest BCUT2D eigenvalue weighted by Gasteiger charge is 2.22. The van der Waals surface area contributed by atoms with Crippen molar-refractivity contribution in [3.63, 3.8) is 0 Å². The molecule has 0 saturated carbocycles. The Hall–Kier alpha value is -0.470. The number of rotatable bonds is 0. The van der Waals surface area contributed by atoms with Crippen molar-refractivity contribution in [2.24, 2.45) is 5.41 Å². The Labute approximate surface area is 91.3 Å². The van der Waals surface area contributed by atoms with E-state index in [4.69, 9.17) is 0 Å². The lowest BCUT2D eigenvalue weighted by atomic mass is 9.85. The Kier molecular flexibility index (Phi) is 2.58. The topological polar surface area (TPSA) is 12.0 Å². The molecule has 2 rings (SSSR count). The summed E-state index contributed by atoms with van der Waals surface area (Å²) in [6, 6.07) is 6.47. The van der Waals surface area contributed by atoms with E-state index in [1.807, 2.05) is 0 Å².